The Morgan fingerprint density at radius 1 is 1.29 bits per heavy atom. The molecule has 116 valence electrons. The quantitative estimate of drug-likeness (QED) is 0.745. The van der Waals surface area contributed by atoms with Gasteiger partial charge in [0, 0.05) is 25.8 Å². The van der Waals surface area contributed by atoms with Crippen LogP contribution >= 0.6 is 0 Å². The third-order valence-electron chi connectivity index (χ3n) is 2.80. The van der Waals surface area contributed by atoms with Crippen molar-refractivity contribution in [1.29, 1.82) is 0 Å². The van der Waals surface area contributed by atoms with Gasteiger partial charge in [-0.2, -0.15) is 0 Å². The van der Waals surface area contributed by atoms with Crippen LogP contribution in [0.3, 0.4) is 0 Å². The highest BCUT2D eigenvalue weighted by molar-refractivity contribution is 5.80. The number of carboxylic acids is 1. The van der Waals surface area contributed by atoms with E-state index in [4.69, 9.17) is 14.6 Å². The number of nitrogens with zero attached hydrogens (tertiary/aromatic N) is 1. The van der Waals surface area contributed by atoms with Crippen molar-refractivity contribution >= 4 is 12.0 Å². The van der Waals surface area contributed by atoms with E-state index in [1.165, 1.54) is 12.0 Å². The normalized spacial score (nSPS) is 10.0. The van der Waals surface area contributed by atoms with Gasteiger partial charge < -0.3 is 24.8 Å². The lowest BCUT2D eigenvalue weighted by molar-refractivity contribution is -0.137. The molecule has 0 heterocycles. The summed E-state index contributed by atoms with van der Waals surface area (Å²) in [6, 6.07) is 6.83. The summed E-state index contributed by atoms with van der Waals surface area (Å²) in [4.78, 5) is 24.0. The van der Waals surface area contributed by atoms with Crippen molar-refractivity contribution in [3.05, 3.63) is 29.8 Å². The summed E-state index contributed by atoms with van der Waals surface area (Å²) < 4.78 is 10.1. The van der Waals surface area contributed by atoms with Crippen LogP contribution in [0.5, 0.6) is 5.75 Å². The van der Waals surface area contributed by atoms with Gasteiger partial charge in [-0.3, -0.25) is 4.79 Å². The average Bonchev–Trinajstić information content (AvgIpc) is 2.48. The number of carboxylic acid groups (broad SMARTS) is 1. The molecule has 0 aromatic heterocycles. The molecule has 0 atom stereocenters. The molecule has 0 aliphatic carbocycles. The van der Waals surface area contributed by atoms with Crippen molar-refractivity contribution in [2.75, 3.05) is 33.9 Å². The number of aliphatic carboxylic acids is 1. The molecular weight excluding hydrogens is 276 g/mol. The first kappa shape index (κ1) is 16.8. The Labute approximate surface area is 123 Å². The number of nitrogens with one attached hydrogen (secondary N) is 1. The molecule has 7 heteroatoms. The minimum absolute atomic E-state index is 0.209. The number of benzene rings is 1. The van der Waals surface area contributed by atoms with Gasteiger partial charge in [0.05, 0.1) is 13.7 Å². The van der Waals surface area contributed by atoms with Gasteiger partial charge in [-0.05, 0) is 6.07 Å². The fourth-order valence-electron chi connectivity index (χ4n) is 1.75. The number of carbonyl (C=O) groups is 2. The van der Waals surface area contributed by atoms with Gasteiger partial charge in [0.25, 0.3) is 0 Å². The van der Waals surface area contributed by atoms with Crippen LogP contribution in [0.2, 0.25) is 0 Å². The average molecular weight is 296 g/mol. The molecule has 7 nitrogen and oxygen atoms in total. The monoisotopic (exact) mass is 296 g/mol. The molecule has 0 aliphatic heterocycles. The topological polar surface area (TPSA) is 88.1 Å². The van der Waals surface area contributed by atoms with Crippen LogP contribution in [0, 0.1) is 0 Å². The Kier molecular flexibility index (Phi) is 7.03. The molecule has 0 aliphatic rings. The maximum atomic E-state index is 12.0. The van der Waals surface area contributed by atoms with Gasteiger partial charge >= 0.3 is 12.0 Å². The van der Waals surface area contributed by atoms with Gasteiger partial charge in [0.1, 0.15) is 12.3 Å². The number of rotatable bonds is 8. The predicted octanol–water partition coefficient (Wildman–Crippen LogP) is 0.938. The molecule has 1 aromatic rings. The van der Waals surface area contributed by atoms with Crippen molar-refractivity contribution in [1.82, 2.24) is 10.2 Å². The Hall–Kier alpha value is -2.28. The SMILES string of the molecule is COCCN(CC(=O)O)C(=O)NCc1ccccc1OC. The molecule has 0 radical (unpaired) electrons. The number of methoxy groups -OCH3 is 2. The minimum Gasteiger partial charge on any atom is -0.496 e. The van der Waals surface area contributed by atoms with Crippen LogP contribution in [0.15, 0.2) is 24.3 Å². The Morgan fingerprint density at radius 3 is 2.62 bits per heavy atom. The van der Waals surface area contributed by atoms with E-state index in [-0.39, 0.29) is 26.2 Å². The van der Waals surface area contributed by atoms with E-state index < -0.39 is 12.0 Å². The number of urea groups is 1. The van der Waals surface area contributed by atoms with Gasteiger partial charge in [0.2, 0.25) is 0 Å². The molecule has 1 rings (SSSR count). The van der Waals surface area contributed by atoms with Crippen molar-refractivity contribution in [2.45, 2.75) is 6.54 Å². The number of carbonyl (C=O) groups excluding carboxylic acids is 1. The van der Waals surface area contributed by atoms with Crippen LogP contribution in [0.1, 0.15) is 5.56 Å². The largest absolute Gasteiger partial charge is 0.496 e. The zero-order valence-electron chi connectivity index (χ0n) is 12.2. The third-order valence-corrected chi connectivity index (χ3v) is 2.80. The van der Waals surface area contributed by atoms with Crippen molar-refractivity contribution in [3.63, 3.8) is 0 Å². The van der Waals surface area contributed by atoms with E-state index in [1.807, 2.05) is 18.2 Å². The van der Waals surface area contributed by atoms with Gasteiger partial charge in [-0.1, -0.05) is 18.2 Å². The number of amides is 2. The van der Waals surface area contributed by atoms with Gasteiger partial charge in [0.15, 0.2) is 0 Å². The molecule has 0 unspecified atom stereocenters. The van der Waals surface area contributed by atoms with Crippen molar-refractivity contribution < 1.29 is 24.2 Å². The predicted molar refractivity (Wildman–Crippen MR) is 76.3 cm³/mol. The van der Waals surface area contributed by atoms with E-state index in [1.54, 1.807) is 13.2 Å². The number of hydrogen-bond donors (Lipinski definition) is 2. The summed E-state index contributed by atoms with van der Waals surface area (Å²) in [6.45, 7) is 0.364. The van der Waals surface area contributed by atoms with Gasteiger partial charge in [-0.25, -0.2) is 4.79 Å². The molecular formula is C14H20N2O5. The summed E-state index contributed by atoms with van der Waals surface area (Å²) in [6.07, 6.45) is 0. The molecule has 0 fully saturated rings. The third kappa shape index (κ3) is 5.70. The standard InChI is InChI=1S/C14H20N2O5/c1-20-8-7-16(10-13(17)18)14(19)15-9-11-5-3-4-6-12(11)21-2/h3-6H,7-10H2,1-2H3,(H,15,19)(H,17,18). The van der Waals surface area contributed by atoms with Crippen LogP contribution in [0.25, 0.3) is 0 Å². The highest BCUT2D eigenvalue weighted by Crippen LogP contribution is 2.16. The van der Waals surface area contributed by atoms with E-state index in [0.29, 0.717) is 5.75 Å². The summed E-state index contributed by atoms with van der Waals surface area (Å²) in [5, 5.41) is 11.5. The second-order valence-corrected chi connectivity index (χ2v) is 4.28. The van der Waals surface area contributed by atoms with E-state index >= 15 is 0 Å². The maximum absolute atomic E-state index is 12.0. The Balaban J connectivity index is 2.61. The summed E-state index contributed by atoms with van der Waals surface area (Å²) in [5.41, 5.74) is 0.815. The molecule has 21 heavy (non-hydrogen) atoms. The maximum Gasteiger partial charge on any atom is 0.323 e. The first-order valence-electron chi connectivity index (χ1n) is 6.44. The van der Waals surface area contributed by atoms with Crippen LogP contribution in [-0.4, -0.2) is 55.9 Å². The van der Waals surface area contributed by atoms with Crippen LogP contribution in [0.4, 0.5) is 4.79 Å². The van der Waals surface area contributed by atoms with E-state index in [9.17, 15) is 9.59 Å². The second kappa shape index (κ2) is 8.80. The summed E-state index contributed by atoms with van der Waals surface area (Å²) in [7, 11) is 3.04. The van der Waals surface area contributed by atoms with Gasteiger partial charge in [-0.15, -0.1) is 0 Å². The van der Waals surface area contributed by atoms with Crippen LogP contribution < -0.4 is 10.1 Å². The first-order chi connectivity index (χ1) is 10.1. The number of hydrogen-bond acceptors (Lipinski definition) is 4. The highest BCUT2D eigenvalue weighted by atomic mass is 16.5. The highest BCUT2D eigenvalue weighted by Gasteiger charge is 2.16. The van der Waals surface area contributed by atoms with E-state index in [0.717, 1.165) is 5.56 Å². The second-order valence-electron chi connectivity index (χ2n) is 4.28. The van der Waals surface area contributed by atoms with Crippen molar-refractivity contribution in [3.8, 4) is 5.75 Å². The molecule has 0 bridgehead atoms. The molecule has 2 amide bonds. The fourth-order valence-corrected chi connectivity index (χ4v) is 1.75. The molecule has 0 spiro atoms. The zero-order valence-corrected chi connectivity index (χ0v) is 12.2. The lowest BCUT2D eigenvalue weighted by Crippen LogP contribution is -2.44. The molecule has 0 saturated heterocycles. The summed E-state index contributed by atoms with van der Waals surface area (Å²) in [5.74, 6) is -0.405. The summed E-state index contributed by atoms with van der Waals surface area (Å²) >= 11 is 0. The van der Waals surface area contributed by atoms with Crippen molar-refractivity contribution in [2.24, 2.45) is 0 Å². The van der Waals surface area contributed by atoms with Crippen LogP contribution in [-0.2, 0) is 16.1 Å². The Morgan fingerprint density at radius 2 is 2.00 bits per heavy atom. The fraction of sp³-hybridized carbons (Fsp3) is 0.429. The lowest BCUT2D eigenvalue weighted by atomic mass is 10.2. The smallest absolute Gasteiger partial charge is 0.323 e. The first-order valence-corrected chi connectivity index (χ1v) is 6.44. The molecule has 2 N–H and O–H groups in total. The molecule has 1 aromatic carbocycles. The molecule has 0 saturated carbocycles. The number of para-hydroxylation sites is 1. The minimum atomic E-state index is -1.07. The lowest BCUT2D eigenvalue weighted by Gasteiger charge is -2.21. The number of ether oxygens (including phenoxy) is 2. The van der Waals surface area contributed by atoms with E-state index in [2.05, 4.69) is 5.32 Å². The zero-order chi connectivity index (χ0) is 15.7. The Bertz CT molecular complexity index is 478.